The molecule has 1 aliphatic rings. The van der Waals surface area contributed by atoms with Crippen LogP contribution < -0.4 is 15.4 Å². The topological polar surface area (TPSA) is 39.3 Å². The molecule has 0 bridgehead atoms. The molecule has 0 spiro atoms. The first kappa shape index (κ1) is 20.3. The molecule has 0 unspecified atom stereocenters. The van der Waals surface area contributed by atoms with Crippen LogP contribution in [0.15, 0.2) is 71.5 Å². The van der Waals surface area contributed by atoms with Gasteiger partial charge in [0.1, 0.15) is 0 Å². The van der Waals surface area contributed by atoms with Crippen molar-refractivity contribution in [1.29, 1.82) is 0 Å². The van der Waals surface area contributed by atoms with Gasteiger partial charge in [-0.2, -0.15) is 0 Å². The van der Waals surface area contributed by atoms with Crippen LogP contribution in [-0.2, 0) is 5.88 Å². The third kappa shape index (κ3) is 4.34. The summed E-state index contributed by atoms with van der Waals surface area (Å²) < 4.78 is 0. The minimum Gasteiger partial charge on any atom is -0.368 e. The van der Waals surface area contributed by atoms with E-state index < -0.39 is 0 Å². The summed E-state index contributed by atoms with van der Waals surface area (Å²) in [5, 5.41) is 0. The van der Waals surface area contributed by atoms with Crippen molar-refractivity contribution in [2.75, 3.05) is 36.0 Å². The molecule has 0 amide bonds. The fourth-order valence-corrected chi connectivity index (χ4v) is 3.70. The molecular formula is C22H23Cl2N3O. The van der Waals surface area contributed by atoms with Crippen molar-refractivity contribution < 1.29 is 0 Å². The zero-order valence-corrected chi connectivity index (χ0v) is 17.0. The van der Waals surface area contributed by atoms with Gasteiger partial charge in [-0.25, -0.2) is 0 Å². The standard InChI is InChI=1S/C22H22ClN3O.ClH/c23-16-18-8-11-21(24-22(18)27)17-6-9-20(10-7-17)26-14-12-25(13-15-26)19-4-2-1-3-5-19;/h1-11H,12-16H2,(H,24,27);1H. The predicted octanol–water partition coefficient (Wildman–Crippen LogP) is 4.53. The molecule has 0 atom stereocenters. The van der Waals surface area contributed by atoms with Crippen LogP contribution in [0, 0.1) is 0 Å². The minimum absolute atomic E-state index is 0. The number of hydrogen-bond donors (Lipinski definition) is 1. The normalized spacial score (nSPS) is 13.9. The molecule has 3 aromatic rings. The molecule has 4 rings (SSSR count). The van der Waals surface area contributed by atoms with Gasteiger partial charge in [-0.05, 0) is 35.9 Å². The van der Waals surface area contributed by atoms with Crippen LogP contribution in [0.4, 0.5) is 11.4 Å². The number of anilines is 2. The van der Waals surface area contributed by atoms with Crippen LogP contribution in [0.5, 0.6) is 0 Å². The molecule has 1 aliphatic heterocycles. The van der Waals surface area contributed by atoms with E-state index in [0.29, 0.717) is 5.56 Å². The molecule has 6 heteroatoms. The molecule has 0 saturated carbocycles. The lowest BCUT2D eigenvalue weighted by Crippen LogP contribution is -2.46. The molecule has 2 aromatic carbocycles. The molecule has 4 nitrogen and oxygen atoms in total. The van der Waals surface area contributed by atoms with E-state index in [0.717, 1.165) is 37.4 Å². The van der Waals surface area contributed by atoms with E-state index >= 15 is 0 Å². The molecule has 146 valence electrons. The highest BCUT2D eigenvalue weighted by atomic mass is 35.5. The van der Waals surface area contributed by atoms with Gasteiger partial charge in [0.15, 0.2) is 0 Å². The zero-order chi connectivity index (χ0) is 18.6. The third-order valence-electron chi connectivity index (χ3n) is 5.08. The van der Waals surface area contributed by atoms with Crippen LogP contribution in [0.2, 0.25) is 0 Å². The summed E-state index contributed by atoms with van der Waals surface area (Å²) in [5.74, 6) is 0.226. The summed E-state index contributed by atoms with van der Waals surface area (Å²) in [6.07, 6.45) is 0. The predicted molar refractivity (Wildman–Crippen MR) is 120 cm³/mol. The monoisotopic (exact) mass is 415 g/mol. The van der Waals surface area contributed by atoms with Crippen LogP contribution in [-0.4, -0.2) is 31.2 Å². The van der Waals surface area contributed by atoms with E-state index in [-0.39, 0.29) is 23.8 Å². The fraction of sp³-hybridized carbons (Fsp3) is 0.227. The van der Waals surface area contributed by atoms with Crippen molar-refractivity contribution in [3.05, 3.63) is 82.6 Å². The number of hydrogen-bond acceptors (Lipinski definition) is 3. The molecular weight excluding hydrogens is 393 g/mol. The van der Waals surface area contributed by atoms with E-state index in [1.807, 2.05) is 6.07 Å². The lowest BCUT2D eigenvalue weighted by molar-refractivity contribution is 0.653. The molecule has 1 fully saturated rings. The Bertz CT molecular complexity index is 950. The number of aromatic nitrogens is 1. The number of nitrogens with zero attached hydrogens (tertiary/aromatic N) is 2. The van der Waals surface area contributed by atoms with Crippen LogP contribution in [0.25, 0.3) is 11.3 Å². The van der Waals surface area contributed by atoms with Crippen LogP contribution in [0.1, 0.15) is 5.56 Å². The summed E-state index contributed by atoms with van der Waals surface area (Å²) in [5.41, 5.74) is 4.79. The Labute approximate surface area is 176 Å². The van der Waals surface area contributed by atoms with Gasteiger partial charge in [-0.3, -0.25) is 4.79 Å². The number of nitrogens with one attached hydrogen (secondary N) is 1. The van der Waals surface area contributed by atoms with Gasteiger partial charge < -0.3 is 14.8 Å². The largest absolute Gasteiger partial charge is 0.368 e. The SMILES string of the molecule is Cl.O=c1[nH]c(-c2ccc(N3CCN(c4ccccc4)CC3)cc2)ccc1CCl. The highest BCUT2D eigenvalue weighted by Crippen LogP contribution is 2.24. The Morgan fingerprint density at radius 1 is 0.786 bits per heavy atom. The van der Waals surface area contributed by atoms with Gasteiger partial charge in [0, 0.05) is 48.8 Å². The van der Waals surface area contributed by atoms with Gasteiger partial charge in [-0.15, -0.1) is 24.0 Å². The maximum Gasteiger partial charge on any atom is 0.252 e. The second-order valence-electron chi connectivity index (χ2n) is 6.72. The van der Waals surface area contributed by atoms with E-state index in [1.54, 1.807) is 6.07 Å². The second-order valence-corrected chi connectivity index (χ2v) is 6.98. The van der Waals surface area contributed by atoms with Crippen molar-refractivity contribution in [2.24, 2.45) is 0 Å². The number of alkyl halides is 1. The van der Waals surface area contributed by atoms with Gasteiger partial charge in [-0.1, -0.05) is 36.4 Å². The highest BCUT2D eigenvalue weighted by Gasteiger charge is 2.17. The third-order valence-corrected chi connectivity index (χ3v) is 5.37. The van der Waals surface area contributed by atoms with Crippen molar-refractivity contribution in [1.82, 2.24) is 4.98 Å². The van der Waals surface area contributed by atoms with Crippen LogP contribution in [0.3, 0.4) is 0 Å². The number of rotatable bonds is 4. The lowest BCUT2D eigenvalue weighted by atomic mass is 10.1. The van der Waals surface area contributed by atoms with E-state index in [1.165, 1.54) is 11.4 Å². The molecule has 2 heterocycles. The summed E-state index contributed by atoms with van der Waals surface area (Å²) >= 11 is 5.76. The molecule has 0 radical (unpaired) electrons. The maximum absolute atomic E-state index is 12.0. The van der Waals surface area contributed by atoms with Gasteiger partial charge in [0.2, 0.25) is 0 Å². The van der Waals surface area contributed by atoms with Crippen molar-refractivity contribution in [3.8, 4) is 11.3 Å². The molecule has 0 aliphatic carbocycles. The number of halogens is 2. The summed E-state index contributed by atoms with van der Waals surface area (Å²) in [6.45, 7) is 4.02. The van der Waals surface area contributed by atoms with Crippen molar-refractivity contribution in [3.63, 3.8) is 0 Å². The Morgan fingerprint density at radius 2 is 1.36 bits per heavy atom. The summed E-state index contributed by atoms with van der Waals surface area (Å²) in [7, 11) is 0. The highest BCUT2D eigenvalue weighted by molar-refractivity contribution is 6.17. The fourth-order valence-electron chi connectivity index (χ4n) is 3.49. The van der Waals surface area contributed by atoms with Crippen LogP contribution >= 0.6 is 24.0 Å². The van der Waals surface area contributed by atoms with E-state index in [9.17, 15) is 4.79 Å². The molecule has 1 aromatic heterocycles. The number of benzene rings is 2. The van der Waals surface area contributed by atoms with E-state index in [4.69, 9.17) is 11.6 Å². The first-order valence-electron chi connectivity index (χ1n) is 9.18. The average Bonchev–Trinajstić information content (AvgIpc) is 2.74. The average molecular weight is 416 g/mol. The Hall–Kier alpha value is -2.43. The van der Waals surface area contributed by atoms with E-state index in [2.05, 4.69) is 69.4 Å². The second kappa shape index (κ2) is 9.18. The van der Waals surface area contributed by atoms with Gasteiger partial charge in [0.25, 0.3) is 5.56 Å². The Balaban J connectivity index is 0.00000225. The maximum atomic E-state index is 12.0. The number of para-hydroxylation sites is 1. The minimum atomic E-state index is -0.122. The number of aromatic amines is 1. The first-order chi connectivity index (χ1) is 13.2. The lowest BCUT2D eigenvalue weighted by Gasteiger charge is -2.37. The summed E-state index contributed by atoms with van der Waals surface area (Å²) in [4.78, 5) is 19.7. The van der Waals surface area contributed by atoms with Gasteiger partial charge >= 0.3 is 0 Å². The molecule has 1 N–H and O–H groups in total. The summed E-state index contributed by atoms with van der Waals surface area (Å²) in [6, 6.07) is 22.6. The first-order valence-corrected chi connectivity index (χ1v) is 9.71. The number of pyridine rings is 1. The van der Waals surface area contributed by atoms with Crippen molar-refractivity contribution in [2.45, 2.75) is 5.88 Å². The molecule has 28 heavy (non-hydrogen) atoms. The number of piperazine rings is 1. The Morgan fingerprint density at radius 3 is 1.89 bits per heavy atom. The number of H-pyrrole nitrogens is 1. The van der Waals surface area contributed by atoms with Gasteiger partial charge in [0.05, 0.1) is 5.88 Å². The zero-order valence-electron chi connectivity index (χ0n) is 15.5. The molecule has 1 saturated heterocycles. The Kier molecular flexibility index (Phi) is 6.65. The smallest absolute Gasteiger partial charge is 0.252 e. The quantitative estimate of drug-likeness (QED) is 0.636. The van der Waals surface area contributed by atoms with Crippen molar-refractivity contribution >= 4 is 35.4 Å².